The van der Waals surface area contributed by atoms with Gasteiger partial charge >= 0.3 is 0 Å². The Balaban J connectivity index is 1.27. The Morgan fingerprint density at radius 2 is 1.74 bits per heavy atom. The van der Waals surface area contributed by atoms with Gasteiger partial charge in [0.25, 0.3) is 0 Å². The fourth-order valence-corrected chi connectivity index (χ4v) is 5.00. The van der Waals surface area contributed by atoms with Gasteiger partial charge in [0.2, 0.25) is 5.91 Å². The molecule has 0 aromatic carbocycles. The summed E-state index contributed by atoms with van der Waals surface area (Å²) in [4.78, 5) is 30.8. The van der Waals surface area contributed by atoms with Crippen LogP contribution in [-0.2, 0) is 4.79 Å². The Bertz CT molecular complexity index is 1080. The van der Waals surface area contributed by atoms with Crippen LogP contribution >= 0.6 is 0 Å². The number of pyridine rings is 3. The molecule has 1 amide bonds. The van der Waals surface area contributed by atoms with Crippen LogP contribution in [0.5, 0.6) is 0 Å². The fraction of sp³-hybridized carbons (Fsp3) is 0.440. The van der Waals surface area contributed by atoms with Gasteiger partial charge < -0.3 is 4.90 Å². The number of nitrogens with zero attached hydrogens (tertiary/aromatic N) is 5. The summed E-state index contributed by atoms with van der Waals surface area (Å²) in [7, 11) is 0. The normalized spacial score (nSPS) is 20.8. The van der Waals surface area contributed by atoms with Crippen LogP contribution in [0.25, 0.3) is 22.2 Å². The van der Waals surface area contributed by atoms with Gasteiger partial charge in [-0.25, -0.2) is 9.97 Å². The standard InChI is InChI=1S/C25H29N5O/c1-17(2)30-14-9-23(25(30)31)29-12-7-19(8-13-29)22-4-3-20-15-21(16-27-24(20)28-22)18-5-10-26-11-6-18/h3-6,10-11,15-17,19,23H,7-9,12-14H2,1-2H3. The molecule has 6 nitrogen and oxygen atoms in total. The average Bonchev–Trinajstić information content (AvgIpc) is 3.20. The van der Waals surface area contributed by atoms with Crippen molar-refractivity contribution in [1.29, 1.82) is 0 Å². The van der Waals surface area contributed by atoms with E-state index in [1.807, 2.05) is 23.2 Å². The number of hydrogen-bond acceptors (Lipinski definition) is 5. The molecule has 0 spiro atoms. The maximum absolute atomic E-state index is 12.7. The molecule has 1 atom stereocenters. The van der Waals surface area contributed by atoms with Crippen molar-refractivity contribution >= 4 is 16.9 Å². The zero-order valence-corrected chi connectivity index (χ0v) is 18.2. The van der Waals surface area contributed by atoms with Gasteiger partial charge in [0.05, 0.1) is 6.04 Å². The zero-order valence-electron chi connectivity index (χ0n) is 18.2. The summed E-state index contributed by atoms with van der Waals surface area (Å²) in [6.45, 7) is 7.01. The molecule has 0 radical (unpaired) electrons. The van der Waals surface area contributed by atoms with Crippen molar-refractivity contribution in [1.82, 2.24) is 24.8 Å². The van der Waals surface area contributed by atoms with Gasteiger partial charge in [0, 0.05) is 53.7 Å². The topological polar surface area (TPSA) is 62.2 Å². The van der Waals surface area contributed by atoms with Gasteiger partial charge in [-0.1, -0.05) is 0 Å². The average molecular weight is 416 g/mol. The lowest BCUT2D eigenvalue weighted by Crippen LogP contribution is -2.46. The van der Waals surface area contributed by atoms with E-state index < -0.39 is 0 Å². The van der Waals surface area contributed by atoms with Crippen molar-refractivity contribution in [3.05, 3.63) is 54.6 Å². The Morgan fingerprint density at radius 1 is 0.968 bits per heavy atom. The summed E-state index contributed by atoms with van der Waals surface area (Å²) in [5.41, 5.74) is 4.11. The van der Waals surface area contributed by atoms with Crippen molar-refractivity contribution in [2.75, 3.05) is 19.6 Å². The molecule has 1 unspecified atom stereocenters. The van der Waals surface area contributed by atoms with E-state index >= 15 is 0 Å². The Hall–Kier alpha value is -2.86. The highest BCUT2D eigenvalue weighted by Crippen LogP contribution is 2.31. The van der Waals surface area contributed by atoms with Crippen LogP contribution in [0, 0.1) is 0 Å². The van der Waals surface area contributed by atoms with Gasteiger partial charge in [-0.15, -0.1) is 0 Å². The minimum absolute atomic E-state index is 0.0705. The second kappa shape index (κ2) is 8.35. The molecule has 0 bridgehead atoms. The van der Waals surface area contributed by atoms with Gasteiger partial charge in [-0.2, -0.15) is 0 Å². The molecule has 3 aromatic rings. The van der Waals surface area contributed by atoms with Crippen LogP contribution < -0.4 is 0 Å². The number of fused-ring (bicyclic) bond motifs is 1. The van der Waals surface area contributed by atoms with E-state index in [0.717, 1.165) is 66.8 Å². The van der Waals surface area contributed by atoms with E-state index in [0.29, 0.717) is 17.9 Å². The van der Waals surface area contributed by atoms with Crippen molar-refractivity contribution in [2.24, 2.45) is 0 Å². The largest absolute Gasteiger partial charge is 0.339 e. The third-order valence-electron chi connectivity index (χ3n) is 6.80. The first-order chi connectivity index (χ1) is 15.1. The summed E-state index contributed by atoms with van der Waals surface area (Å²) in [5.74, 6) is 0.742. The second-order valence-electron chi connectivity index (χ2n) is 8.98. The molecular weight excluding hydrogens is 386 g/mol. The van der Waals surface area contributed by atoms with Crippen molar-refractivity contribution < 1.29 is 4.79 Å². The first-order valence-corrected chi connectivity index (χ1v) is 11.3. The number of hydrogen-bond donors (Lipinski definition) is 0. The molecule has 3 aromatic heterocycles. The monoisotopic (exact) mass is 415 g/mol. The number of piperidine rings is 1. The van der Waals surface area contributed by atoms with E-state index in [-0.39, 0.29) is 6.04 Å². The smallest absolute Gasteiger partial charge is 0.240 e. The molecule has 2 aliphatic rings. The maximum atomic E-state index is 12.7. The van der Waals surface area contributed by atoms with Crippen LogP contribution in [-0.4, -0.2) is 62.4 Å². The number of carbonyl (C=O) groups is 1. The minimum atomic E-state index is 0.0705. The molecule has 2 saturated heterocycles. The van der Waals surface area contributed by atoms with Crippen molar-refractivity contribution in [3.8, 4) is 11.1 Å². The van der Waals surface area contributed by atoms with Gasteiger partial charge in [0.15, 0.2) is 5.65 Å². The van der Waals surface area contributed by atoms with Crippen LogP contribution in [0.3, 0.4) is 0 Å². The number of carbonyl (C=O) groups excluding carboxylic acids is 1. The molecule has 31 heavy (non-hydrogen) atoms. The molecule has 5 rings (SSSR count). The van der Waals surface area contributed by atoms with Gasteiger partial charge in [-0.05, 0) is 82.1 Å². The van der Waals surface area contributed by atoms with E-state index in [9.17, 15) is 4.79 Å². The summed E-state index contributed by atoms with van der Waals surface area (Å²) in [5, 5.41) is 1.06. The van der Waals surface area contributed by atoms with Crippen LogP contribution in [0.1, 0.15) is 44.7 Å². The lowest BCUT2D eigenvalue weighted by atomic mass is 9.91. The van der Waals surface area contributed by atoms with Crippen molar-refractivity contribution in [2.45, 2.75) is 51.1 Å². The molecule has 0 aliphatic carbocycles. The predicted molar refractivity (Wildman–Crippen MR) is 122 cm³/mol. The third-order valence-corrected chi connectivity index (χ3v) is 6.80. The summed E-state index contributed by atoms with van der Waals surface area (Å²) in [6.07, 6.45) is 8.53. The second-order valence-corrected chi connectivity index (χ2v) is 8.98. The molecule has 2 aliphatic heterocycles. The highest BCUT2D eigenvalue weighted by Gasteiger charge is 2.38. The van der Waals surface area contributed by atoms with Crippen molar-refractivity contribution in [3.63, 3.8) is 0 Å². The fourth-order valence-electron chi connectivity index (χ4n) is 5.00. The minimum Gasteiger partial charge on any atom is -0.339 e. The number of rotatable bonds is 4. The van der Waals surface area contributed by atoms with Crippen LogP contribution in [0.15, 0.2) is 48.9 Å². The zero-order chi connectivity index (χ0) is 21.4. The highest BCUT2D eigenvalue weighted by atomic mass is 16.2. The van der Waals surface area contributed by atoms with E-state index in [4.69, 9.17) is 4.98 Å². The maximum Gasteiger partial charge on any atom is 0.240 e. The molecule has 160 valence electrons. The first kappa shape index (κ1) is 20.1. The highest BCUT2D eigenvalue weighted by molar-refractivity contribution is 5.84. The predicted octanol–water partition coefficient (Wildman–Crippen LogP) is 3.88. The SMILES string of the molecule is CC(C)N1CCC(N2CCC(c3ccc4cc(-c5ccncc5)cnc4n3)CC2)C1=O. The first-order valence-electron chi connectivity index (χ1n) is 11.3. The summed E-state index contributed by atoms with van der Waals surface area (Å²) < 4.78 is 0. The molecule has 2 fully saturated rings. The van der Waals surface area contributed by atoms with Gasteiger partial charge in [0.1, 0.15) is 0 Å². The molecule has 6 heteroatoms. The number of amides is 1. The van der Waals surface area contributed by atoms with E-state index in [1.54, 1.807) is 12.4 Å². The molecule has 0 N–H and O–H groups in total. The number of likely N-dealkylation sites (tertiary alicyclic amines) is 2. The van der Waals surface area contributed by atoms with E-state index in [2.05, 4.69) is 46.9 Å². The van der Waals surface area contributed by atoms with Gasteiger partial charge in [-0.3, -0.25) is 14.7 Å². The Labute approximate surface area is 183 Å². The lowest BCUT2D eigenvalue weighted by molar-refractivity contribution is -0.133. The van der Waals surface area contributed by atoms with E-state index in [1.165, 1.54) is 0 Å². The Morgan fingerprint density at radius 3 is 2.45 bits per heavy atom. The third kappa shape index (κ3) is 3.92. The van der Waals surface area contributed by atoms with Crippen LogP contribution in [0.2, 0.25) is 0 Å². The molecular formula is C25H29N5O. The molecule has 0 saturated carbocycles. The Kier molecular flexibility index (Phi) is 5.40. The molecule has 5 heterocycles. The lowest BCUT2D eigenvalue weighted by Gasteiger charge is -2.35. The van der Waals surface area contributed by atoms with Crippen LogP contribution in [0.4, 0.5) is 0 Å². The number of aromatic nitrogens is 3. The quantitative estimate of drug-likeness (QED) is 0.647. The summed E-state index contributed by atoms with van der Waals surface area (Å²) in [6, 6.07) is 10.8. The summed E-state index contributed by atoms with van der Waals surface area (Å²) >= 11 is 0.